The molecular weight excluding hydrogens is 279 g/mol. The second kappa shape index (κ2) is 6.43. The summed E-state index contributed by atoms with van der Waals surface area (Å²) >= 11 is 0. The minimum absolute atomic E-state index is 0.0698. The molecule has 1 saturated heterocycles. The second-order valence-corrected chi connectivity index (χ2v) is 4.61. The third-order valence-electron chi connectivity index (χ3n) is 3.34. The number of carbonyl (C=O) groups excluding carboxylic acids is 1. The topological polar surface area (TPSA) is 70.1 Å². The fourth-order valence-electron chi connectivity index (χ4n) is 2.34. The van der Waals surface area contributed by atoms with Gasteiger partial charge in [0, 0.05) is 26.2 Å². The van der Waals surface area contributed by atoms with Gasteiger partial charge in [-0.1, -0.05) is 6.07 Å². The highest BCUT2D eigenvalue weighted by Gasteiger charge is 2.26. The van der Waals surface area contributed by atoms with Crippen LogP contribution in [-0.4, -0.2) is 54.9 Å². The number of rotatable bonds is 3. The Hall–Kier alpha value is -2.31. The van der Waals surface area contributed by atoms with E-state index in [9.17, 15) is 14.0 Å². The number of anilines is 1. The summed E-state index contributed by atoms with van der Waals surface area (Å²) in [6.45, 7) is 3.49. The van der Waals surface area contributed by atoms with Gasteiger partial charge in [-0.3, -0.25) is 0 Å². The molecule has 0 spiro atoms. The van der Waals surface area contributed by atoms with E-state index in [0.717, 1.165) is 0 Å². The molecule has 0 atom stereocenters. The Morgan fingerprint density at radius 1 is 1.29 bits per heavy atom. The molecule has 0 aromatic heterocycles. The Labute approximate surface area is 121 Å². The van der Waals surface area contributed by atoms with Crippen LogP contribution in [0.1, 0.15) is 17.3 Å². The van der Waals surface area contributed by atoms with Crippen molar-refractivity contribution in [2.75, 3.05) is 37.7 Å². The first-order valence-electron chi connectivity index (χ1n) is 6.73. The summed E-state index contributed by atoms with van der Waals surface area (Å²) in [5.74, 6) is -1.74. The minimum Gasteiger partial charge on any atom is -0.478 e. The standard InChI is InChI=1S/C14H17FN2O4/c1-2-21-14(20)17-8-6-16(7-9-17)12-10(13(18)19)4-3-5-11(12)15/h3-5H,2,6-9H2,1H3,(H,18,19). The number of carboxylic acids is 1. The van der Waals surface area contributed by atoms with Gasteiger partial charge >= 0.3 is 12.1 Å². The molecular formula is C14H17FN2O4. The first-order chi connectivity index (χ1) is 10.0. The Balaban J connectivity index is 2.13. The lowest BCUT2D eigenvalue weighted by molar-refractivity contribution is 0.0696. The summed E-state index contributed by atoms with van der Waals surface area (Å²) in [4.78, 5) is 26.0. The van der Waals surface area contributed by atoms with Crippen LogP contribution in [0.5, 0.6) is 0 Å². The van der Waals surface area contributed by atoms with Crippen LogP contribution in [0.15, 0.2) is 18.2 Å². The van der Waals surface area contributed by atoms with Gasteiger partial charge in [-0.25, -0.2) is 14.0 Å². The molecule has 0 bridgehead atoms. The Morgan fingerprint density at radius 3 is 2.52 bits per heavy atom. The third-order valence-corrected chi connectivity index (χ3v) is 3.34. The number of halogens is 1. The molecule has 114 valence electrons. The third kappa shape index (κ3) is 3.24. The van der Waals surface area contributed by atoms with Crippen LogP contribution >= 0.6 is 0 Å². The van der Waals surface area contributed by atoms with E-state index in [1.165, 1.54) is 23.1 Å². The zero-order valence-corrected chi connectivity index (χ0v) is 11.7. The number of hydrogen-bond acceptors (Lipinski definition) is 4. The molecule has 0 radical (unpaired) electrons. The number of piperazine rings is 1. The van der Waals surface area contributed by atoms with Crippen molar-refractivity contribution in [3.8, 4) is 0 Å². The number of carbonyl (C=O) groups is 2. The molecule has 0 unspecified atom stereocenters. The highest BCUT2D eigenvalue weighted by molar-refractivity contribution is 5.94. The maximum Gasteiger partial charge on any atom is 0.409 e. The quantitative estimate of drug-likeness (QED) is 0.921. The molecule has 1 aromatic carbocycles. The zero-order valence-electron chi connectivity index (χ0n) is 11.7. The van der Waals surface area contributed by atoms with Crippen LogP contribution in [0.4, 0.5) is 14.9 Å². The smallest absolute Gasteiger partial charge is 0.409 e. The summed E-state index contributed by atoms with van der Waals surface area (Å²) in [5.41, 5.74) is 0.00749. The molecule has 0 aliphatic carbocycles. The lowest BCUT2D eigenvalue weighted by atomic mass is 10.1. The second-order valence-electron chi connectivity index (χ2n) is 4.61. The van der Waals surface area contributed by atoms with E-state index in [1.54, 1.807) is 11.8 Å². The van der Waals surface area contributed by atoms with Crippen molar-refractivity contribution in [2.45, 2.75) is 6.92 Å². The van der Waals surface area contributed by atoms with Gasteiger partial charge in [-0.05, 0) is 19.1 Å². The Morgan fingerprint density at radius 2 is 1.95 bits per heavy atom. The first-order valence-corrected chi connectivity index (χ1v) is 6.73. The molecule has 2 rings (SSSR count). The number of ether oxygens (including phenoxy) is 1. The minimum atomic E-state index is -1.17. The number of aromatic carboxylic acids is 1. The average Bonchev–Trinajstić information content (AvgIpc) is 2.47. The monoisotopic (exact) mass is 296 g/mol. The first kappa shape index (κ1) is 15.1. The summed E-state index contributed by atoms with van der Waals surface area (Å²) in [5, 5.41) is 9.15. The SMILES string of the molecule is CCOC(=O)N1CCN(c2c(F)cccc2C(=O)O)CC1. The molecule has 0 saturated carbocycles. The number of hydrogen-bond donors (Lipinski definition) is 1. The molecule has 21 heavy (non-hydrogen) atoms. The van der Waals surface area contributed by atoms with E-state index in [0.29, 0.717) is 32.8 Å². The van der Waals surface area contributed by atoms with E-state index < -0.39 is 17.9 Å². The largest absolute Gasteiger partial charge is 0.478 e. The summed E-state index contributed by atoms with van der Waals surface area (Å²) in [7, 11) is 0. The number of nitrogens with zero attached hydrogens (tertiary/aromatic N) is 2. The van der Waals surface area contributed by atoms with Crippen molar-refractivity contribution >= 4 is 17.7 Å². The maximum atomic E-state index is 14.0. The Bertz CT molecular complexity index is 542. The predicted octanol–water partition coefficient (Wildman–Crippen LogP) is 1.80. The average molecular weight is 296 g/mol. The normalized spacial score (nSPS) is 15.0. The number of para-hydroxylation sites is 1. The van der Waals surface area contributed by atoms with Crippen molar-refractivity contribution < 1.29 is 23.8 Å². The number of amides is 1. The lowest BCUT2D eigenvalue weighted by Gasteiger charge is -2.36. The van der Waals surface area contributed by atoms with Gasteiger partial charge in [0.15, 0.2) is 0 Å². The van der Waals surface area contributed by atoms with Crippen LogP contribution in [0.25, 0.3) is 0 Å². The molecule has 1 aliphatic rings. The van der Waals surface area contributed by atoms with Gasteiger partial charge < -0.3 is 19.6 Å². The van der Waals surface area contributed by atoms with Crippen LogP contribution < -0.4 is 4.90 Å². The van der Waals surface area contributed by atoms with Crippen LogP contribution in [-0.2, 0) is 4.74 Å². The van der Waals surface area contributed by atoms with E-state index in [2.05, 4.69) is 0 Å². The molecule has 1 heterocycles. The van der Waals surface area contributed by atoms with Crippen molar-refractivity contribution in [2.24, 2.45) is 0 Å². The molecule has 1 aromatic rings. The predicted molar refractivity (Wildman–Crippen MR) is 74.2 cm³/mol. The fraction of sp³-hybridized carbons (Fsp3) is 0.429. The van der Waals surface area contributed by atoms with E-state index in [1.807, 2.05) is 0 Å². The zero-order chi connectivity index (χ0) is 15.4. The molecule has 7 heteroatoms. The van der Waals surface area contributed by atoms with Crippen LogP contribution in [0.3, 0.4) is 0 Å². The molecule has 1 amide bonds. The van der Waals surface area contributed by atoms with Crippen molar-refractivity contribution in [1.82, 2.24) is 4.90 Å². The maximum absolute atomic E-state index is 14.0. The van der Waals surface area contributed by atoms with Crippen molar-refractivity contribution in [1.29, 1.82) is 0 Å². The fourth-order valence-corrected chi connectivity index (χ4v) is 2.34. The number of carboxylic acid groups (broad SMARTS) is 1. The van der Waals surface area contributed by atoms with E-state index >= 15 is 0 Å². The van der Waals surface area contributed by atoms with Gasteiger partial charge in [0.1, 0.15) is 5.82 Å². The van der Waals surface area contributed by atoms with Gasteiger partial charge in [-0.15, -0.1) is 0 Å². The summed E-state index contributed by atoms with van der Waals surface area (Å²) in [6.07, 6.45) is -0.399. The lowest BCUT2D eigenvalue weighted by Crippen LogP contribution is -2.49. The molecule has 1 N–H and O–H groups in total. The van der Waals surface area contributed by atoms with Crippen molar-refractivity contribution in [3.63, 3.8) is 0 Å². The van der Waals surface area contributed by atoms with Gasteiger partial charge in [0.25, 0.3) is 0 Å². The molecule has 1 aliphatic heterocycles. The Kier molecular flexibility index (Phi) is 4.62. The van der Waals surface area contributed by atoms with Gasteiger partial charge in [0.05, 0.1) is 17.9 Å². The number of benzene rings is 1. The van der Waals surface area contributed by atoms with E-state index in [4.69, 9.17) is 9.84 Å². The van der Waals surface area contributed by atoms with Crippen molar-refractivity contribution in [3.05, 3.63) is 29.6 Å². The molecule has 6 nitrogen and oxygen atoms in total. The highest BCUT2D eigenvalue weighted by Crippen LogP contribution is 2.25. The highest BCUT2D eigenvalue weighted by atomic mass is 19.1. The summed E-state index contributed by atoms with van der Waals surface area (Å²) in [6, 6.07) is 3.98. The summed E-state index contributed by atoms with van der Waals surface area (Å²) < 4.78 is 18.9. The van der Waals surface area contributed by atoms with Gasteiger partial charge in [0.2, 0.25) is 0 Å². The van der Waals surface area contributed by atoms with E-state index in [-0.39, 0.29) is 11.3 Å². The van der Waals surface area contributed by atoms with Gasteiger partial charge in [-0.2, -0.15) is 0 Å². The van der Waals surface area contributed by atoms with Crippen LogP contribution in [0.2, 0.25) is 0 Å². The van der Waals surface area contributed by atoms with Crippen LogP contribution in [0, 0.1) is 5.82 Å². The molecule has 1 fully saturated rings.